The third-order valence-electron chi connectivity index (χ3n) is 2.27. The SMILES string of the molecule is COC(=O)c1ccc(N(I)C(=O)N(Br)C(=O)C(Cl)(Cl)Cl)cc1. The highest BCUT2D eigenvalue weighted by Crippen LogP contribution is 2.31. The minimum atomic E-state index is -2.27. The Balaban J connectivity index is 2.91. The summed E-state index contributed by atoms with van der Waals surface area (Å²) in [6.07, 6.45) is 0. The molecule has 1 aromatic rings. The molecule has 0 aliphatic carbocycles. The van der Waals surface area contributed by atoms with Gasteiger partial charge in [0, 0.05) is 0 Å². The Morgan fingerprint density at radius 3 is 2.09 bits per heavy atom. The van der Waals surface area contributed by atoms with Crippen molar-refractivity contribution in [2.45, 2.75) is 3.79 Å². The molecule has 0 spiro atoms. The van der Waals surface area contributed by atoms with E-state index in [4.69, 9.17) is 34.8 Å². The van der Waals surface area contributed by atoms with Gasteiger partial charge in [-0.2, -0.15) is 3.93 Å². The minimum Gasteiger partial charge on any atom is -0.465 e. The van der Waals surface area contributed by atoms with Crippen molar-refractivity contribution in [1.82, 2.24) is 3.93 Å². The van der Waals surface area contributed by atoms with Crippen molar-refractivity contribution in [3.05, 3.63) is 29.8 Å². The van der Waals surface area contributed by atoms with Crippen LogP contribution < -0.4 is 3.11 Å². The molecule has 22 heavy (non-hydrogen) atoms. The van der Waals surface area contributed by atoms with Crippen LogP contribution in [-0.4, -0.2) is 32.7 Å². The number of carbonyl (C=O) groups excluding carboxylic acids is 3. The lowest BCUT2D eigenvalue weighted by Crippen LogP contribution is -2.41. The smallest absolute Gasteiger partial charge is 0.350 e. The maximum atomic E-state index is 12.1. The van der Waals surface area contributed by atoms with Crippen LogP contribution >= 0.6 is 73.8 Å². The van der Waals surface area contributed by atoms with E-state index in [0.717, 1.165) is 3.11 Å². The molecule has 11 heteroatoms. The molecule has 0 saturated heterocycles. The number of nitrogens with zero attached hydrogens (tertiary/aromatic N) is 2. The molecule has 0 atom stereocenters. The number of carbonyl (C=O) groups is 3. The molecule has 0 heterocycles. The van der Waals surface area contributed by atoms with Gasteiger partial charge < -0.3 is 4.74 Å². The van der Waals surface area contributed by atoms with E-state index in [1.165, 1.54) is 31.4 Å². The molecule has 0 aromatic heterocycles. The number of benzene rings is 1. The Morgan fingerprint density at radius 2 is 1.68 bits per heavy atom. The summed E-state index contributed by atoms with van der Waals surface area (Å²) in [7, 11) is 1.26. The Labute approximate surface area is 163 Å². The van der Waals surface area contributed by atoms with Crippen LogP contribution in [0.5, 0.6) is 0 Å². The van der Waals surface area contributed by atoms with Crippen LogP contribution in [0.1, 0.15) is 10.4 Å². The molecule has 120 valence electrons. The van der Waals surface area contributed by atoms with Crippen LogP contribution in [-0.2, 0) is 9.53 Å². The molecule has 0 aliphatic rings. The molecule has 1 rings (SSSR count). The fraction of sp³-hybridized carbons (Fsp3) is 0.182. The van der Waals surface area contributed by atoms with Gasteiger partial charge in [-0.25, -0.2) is 12.7 Å². The molecular weight excluding hydrogens is 537 g/mol. The Hall–Kier alpha value is -0.290. The number of imide groups is 1. The number of hydrogen-bond acceptors (Lipinski definition) is 4. The largest absolute Gasteiger partial charge is 0.465 e. The predicted molar refractivity (Wildman–Crippen MR) is 95.7 cm³/mol. The van der Waals surface area contributed by atoms with E-state index in [0.29, 0.717) is 15.2 Å². The fourth-order valence-electron chi connectivity index (χ4n) is 1.23. The summed E-state index contributed by atoms with van der Waals surface area (Å²) in [5.41, 5.74) is 0.719. The quantitative estimate of drug-likeness (QED) is 0.242. The highest BCUT2D eigenvalue weighted by atomic mass is 127. The van der Waals surface area contributed by atoms with Crippen molar-refractivity contribution in [3.8, 4) is 0 Å². The number of anilines is 1. The second-order valence-electron chi connectivity index (χ2n) is 3.69. The van der Waals surface area contributed by atoms with Crippen molar-refractivity contribution in [3.63, 3.8) is 0 Å². The minimum absolute atomic E-state index is 0.316. The predicted octanol–water partition coefficient (Wildman–Crippen LogP) is 4.26. The zero-order chi connectivity index (χ0) is 17.1. The number of hydrogen-bond donors (Lipinski definition) is 0. The van der Waals surface area contributed by atoms with Crippen molar-refractivity contribution in [1.29, 1.82) is 0 Å². The fourth-order valence-corrected chi connectivity index (χ4v) is 3.05. The van der Waals surface area contributed by atoms with Gasteiger partial charge in [0.15, 0.2) is 0 Å². The number of alkyl halides is 3. The summed E-state index contributed by atoms with van der Waals surface area (Å²) in [4.78, 5) is 35.1. The van der Waals surface area contributed by atoms with Crippen LogP contribution in [0.25, 0.3) is 0 Å². The lowest BCUT2D eigenvalue weighted by Gasteiger charge is -2.22. The van der Waals surface area contributed by atoms with E-state index in [2.05, 4.69) is 20.9 Å². The number of ether oxygens (including phenoxy) is 1. The number of methoxy groups -OCH3 is 1. The second kappa shape index (κ2) is 8.00. The molecule has 0 bridgehead atoms. The van der Waals surface area contributed by atoms with E-state index < -0.39 is 21.7 Å². The van der Waals surface area contributed by atoms with Gasteiger partial charge in [-0.05, 0) is 24.3 Å². The molecule has 1 aromatic carbocycles. The van der Waals surface area contributed by atoms with Gasteiger partial charge in [-0.3, -0.25) is 4.79 Å². The van der Waals surface area contributed by atoms with Gasteiger partial charge in [-0.1, -0.05) is 34.8 Å². The zero-order valence-electron chi connectivity index (χ0n) is 10.7. The topological polar surface area (TPSA) is 66.9 Å². The zero-order valence-corrected chi connectivity index (χ0v) is 16.7. The van der Waals surface area contributed by atoms with Crippen LogP contribution in [0.4, 0.5) is 10.5 Å². The van der Waals surface area contributed by atoms with Crippen LogP contribution in [0.3, 0.4) is 0 Å². The third kappa shape index (κ3) is 4.85. The summed E-state index contributed by atoms with van der Waals surface area (Å²) < 4.78 is 3.89. The first-order valence-corrected chi connectivity index (χ1v) is 8.15. The first kappa shape index (κ1) is 19.8. The monoisotopic (exact) mass is 542 g/mol. The summed E-state index contributed by atoms with van der Waals surface area (Å²) in [6, 6.07) is 5.14. The van der Waals surface area contributed by atoms with Gasteiger partial charge >= 0.3 is 12.0 Å². The Morgan fingerprint density at radius 1 is 1.18 bits per heavy atom. The molecule has 0 unspecified atom stereocenters. The molecule has 0 radical (unpaired) electrons. The number of esters is 1. The van der Waals surface area contributed by atoms with Crippen molar-refractivity contribution >= 4 is 97.4 Å². The van der Waals surface area contributed by atoms with Crippen molar-refractivity contribution in [2.75, 3.05) is 10.2 Å². The lowest BCUT2D eigenvalue weighted by molar-refractivity contribution is -0.122. The van der Waals surface area contributed by atoms with Gasteiger partial charge in [0.05, 0.1) is 57.4 Å². The highest BCUT2D eigenvalue weighted by molar-refractivity contribution is 14.1. The highest BCUT2D eigenvalue weighted by Gasteiger charge is 2.39. The average molecular weight is 544 g/mol. The molecule has 3 amide bonds. The van der Waals surface area contributed by atoms with Gasteiger partial charge in [0.25, 0.3) is 9.70 Å². The van der Waals surface area contributed by atoms with Crippen LogP contribution in [0.15, 0.2) is 24.3 Å². The molecule has 0 N–H and O–H groups in total. The Bertz CT molecular complexity index is 594. The van der Waals surface area contributed by atoms with Crippen molar-refractivity contribution < 1.29 is 19.1 Å². The summed E-state index contributed by atoms with van der Waals surface area (Å²) in [6.45, 7) is 0. The second-order valence-corrected chi connectivity index (χ2v) is 7.64. The molecule has 0 saturated carbocycles. The molecule has 6 nitrogen and oxygen atoms in total. The third-order valence-corrected chi connectivity index (χ3v) is 4.35. The standard InChI is InChI=1S/C11H7BrCl3IN2O4/c1-22-8(19)6-2-4-7(5-3-6)18(16)10(21)17(12)9(20)11(13,14)15/h2-5H,1H3. The number of rotatable bonds is 2. The van der Waals surface area contributed by atoms with Crippen LogP contribution in [0, 0.1) is 0 Å². The summed E-state index contributed by atoms with van der Waals surface area (Å²) >= 11 is 20.7. The number of urea groups is 1. The summed E-state index contributed by atoms with van der Waals surface area (Å²) in [5, 5.41) is 0. The normalized spacial score (nSPS) is 10.8. The molecule has 0 aliphatic heterocycles. The average Bonchev–Trinajstić information content (AvgIpc) is 2.50. The van der Waals surface area contributed by atoms with E-state index in [1.54, 1.807) is 22.9 Å². The van der Waals surface area contributed by atoms with Gasteiger partial charge in [0.2, 0.25) is 0 Å². The summed E-state index contributed by atoms with van der Waals surface area (Å²) in [5.74, 6) is -1.57. The van der Waals surface area contributed by atoms with E-state index in [9.17, 15) is 14.4 Å². The van der Waals surface area contributed by atoms with Gasteiger partial charge in [0.1, 0.15) is 0 Å². The van der Waals surface area contributed by atoms with E-state index in [1.807, 2.05) is 0 Å². The number of halogens is 5. The first-order chi connectivity index (χ1) is 10.1. The maximum Gasteiger partial charge on any atom is 0.350 e. The molecular formula is C11H7BrCl3IN2O4. The van der Waals surface area contributed by atoms with E-state index >= 15 is 0 Å². The Kier molecular flexibility index (Phi) is 7.19. The maximum absolute atomic E-state index is 12.1. The number of amides is 3. The van der Waals surface area contributed by atoms with E-state index in [-0.39, 0.29) is 0 Å². The van der Waals surface area contributed by atoms with Crippen molar-refractivity contribution in [2.24, 2.45) is 0 Å². The first-order valence-electron chi connectivity index (χ1n) is 5.35. The van der Waals surface area contributed by atoms with Gasteiger partial charge in [-0.15, -0.1) is 0 Å². The van der Waals surface area contributed by atoms with Crippen LogP contribution in [0.2, 0.25) is 0 Å². The molecule has 0 fully saturated rings. The lowest BCUT2D eigenvalue weighted by atomic mass is 10.2.